The minimum absolute atomic E-state index is 0.0100. The van der Waals surface area contributed by atoms with Crippen LogP contribution in [0.3, 0.4) is 0 Å². The molecule has 1 fully saturated rings. The van der Waals surface area contributed by atoms with Crippen molar-refractivity contribution in [3.05, 3.63) is 95.0 Å². The Morgan fingerprint density at radius 1 is 0.977 bits per heavy atom. The molecule has 1 atom stereocenters. The molecular weight excluding hydrogens is 603 g/mol. The Balaban J connectivity index is 1.76. The molecule has 0 unspecified atom stereocenters. The number of hydrogen-bond donors (Lipinski definition) is 1. The zero-order valence-corrected chi connectivity index (χ0v) is 25.1. The van der Waals surface area contributed by atoms with Crippen LogP contribution in [0.4, 0.5) is 18.9 Å². The van der Waals surface area contributed by atoms with Gasteiger partial charge in [-0.3, -0.25) is 13.9 Å². The Morgan fingerprint density at radius 3 is 2.16 bits per heavy atom. The van der Waals surface area contributed by atoms with Crippen molar-refractivity contribution in [1.82, 2.24) is 10.2 Å². The number of alkyl halides is 3. The van der Waals surface area contributed by atoms with E-state index in [1.54, 1.807) is 43.3 Å². The molecule has 12 heteroatoms. The number of amides is 2. The van der Waals surface area contributed by atoms with Gasteiger partial charge in [-0.1, -0.05) is 79.9 Å². The maximum Gasteiger partial charge on any atom is 0.417 e. The number of carbonyl (C=O) groups is 2. The summed E-state index contributed by atoms with van der Waals surface area (Å²) in [6, 6.07) is 17.7. The van der Waals surface area contributed by atoms with Crippen molar-refractivity contribution in [3.63, 3.8) is 0 Å². The predicted octanol–water partition coefficient (Wildman–Crippen LogP) is 6.42. The van der Waals surface area contributed by atoms with Crippen molar-refractivity contribution in [2.45, 2.75) is 68.7 Å². The molecule has 0 spiro atoms. The minimum atomic E-state index is -4.87. The molecule has 7 nitrogen and oxygen atoms in total. The highest BCUT2D eigenvalue weighted by atomic mass is 35.5. The molecule has 0 aliphatic heterocycles. The minimum Gasteiger partial charge on any atom is -0.352 e. The van der Waals surface area contributed by atoms with Gasteiger partial charge in [-0.15, -0.1) is 0 Å². The second-order valence-corrected chi connectivity index (χ2v) is 12.7. The molecule has 0 aromatic heterocycles. The third kappa shape index (κ3) is 7.88. The molecule has 0 bridgehead atoms. The van der Waals surface area contributed by atoms with Crippen LogP contribution in [-0.2, 0) is 32.3 Å². The maximum atomic E-state index is 14.1. The number of nitrogens with zero attached hydrogens (tertiary/aromatic N) is 2. The molecule has 2 amide bonds. The third-order valence-electron chi connectivity index (χ3n) is 7.44. The Bertz CT molecular complexity index is 1520. The lowest BCUT2D eigenvalue weighted by Gasteiger charge is -2.34. The summed E-state index contributed by atoms with van der Waals surface area (Å²) < 4.78 is 69.7. The molecule has 0 saturated heterocycles. The predicted molar refractivity (Wildman–Crippen MR) is 159 cm³/mol. The molecule has 4 rings (SSSR count). The van der Waals surface area contributed by atoms with E-state index in [-0.39, 0.29) is 29.8 Å². The molecule has 43 heavy (non-hydrogen) atoms. The first-order valence-corrected chi connectivity index (χ1v) is 15.8. The summed E-state index contributed by atoms with van der Waals surface area (Å²) in [7, 11) is -4.53. The molecule has 1 aliphatic rings. The van der Waals surface area contributed by atoms with Gasteiger partial charge in [0.1, 0.15) is 12.6 Å². The summed E-state index contributed by atoms with van der Waals surface area (Å²) in [5.74, 6) is -1.11. The van der Waals surface area contributed by atoms with Crippen molar-refractivity contribution in [3.8, 4) is 0 Å². The topological polar surface area (TPSA) is 86.8 Å². The average molecular weight is 636 g/mol. The van der Waals surface area contributed by atoms with Gasteiger partial charge in [0, 0.05) is 12.6 Å². The number of carbonyl (C=O) groups excluding carboxylic acids is 2. The fraction of sp³-hybridized carbons (Fsp3) is 0.355. The molecule has 3 aromatic rings. The number of halogens is 4. The molecule has 1 N–H and O–H groups in total. The Labute approximate surface area is 254 Å². The van der Waals surface area contributed by atoms with Gasteiger partial charge >= 0.3 is 6.18 Å². The largest absolute Gasteiger partial charge is 0.417 e. The van der Waals surface area contributed by atoms with Gasteiger partial charge < -0.3 is 10.2 Å². The van der Waals surface area contributed by atoms with E-state index in [2.05, 4.69) is 5.32 Å². The van der Waals surface area contributed by atoms with Crippen LogP contribution in [0.25, 0.3) is 0 Å². The lowest BCUT2D eigenvalue weighted by Crippen LogP contribution is -2.53. The highest BCUT2D eigenvalue weighted by Crippen LogP contribution is 2.38. The van der Waals surface area contributed by atoms with Crippen molar-refractivity contribution in [1.29, 1.82) is 0 Å². The molecule has 1 aliphatic carbocycles. The van der Waals surface area contributed by atoms with E-state index in [0.717, 1.165) is 37.8 Å². The SMILES string of the molecule is CC[C@H](C(=O)NC1CCCC1)N(Cc1ccccc1)C(=O)CN(c1ccc(Cl)c(C(F)(F)F)c1)S(=O)(=O)c1ccccc1. The van der Waals surface area contributed by atoms with E-state index in [4.69, 9.17) is 11.6 Å². The van der Waals surface area contributed by atoms with Crippen LogP contribution in [0.5, 0.6) is 0 Å². The van der Waals surface area contributed by atoms with Crippen molar-refractivity contribution in [2.75, 3.05) is 10.8 Å². The first kappa shape index (κ1) is 32.3. The lowest BCUT2D eigenvalue weighted by atomic mass is 10.1. The molecule has 3 aromatic carbocycles. The molecular formula is C31H33ClF3N3O4S. The number of nitrogens with one attached hydrogen (secondary N) is 1. The second-order valence-electron chi connectivity index (χ2n) is 10.4. The number of rotatable bonds is 11. The third-order valence-corrected chi connectivity index (χ3v) is 9.55. The first-order chi connectivity index (χ1) is 20.4. The molecule has 230 valence electrons. The highest BCUT2D eigenvalue weighted by molar-refractivity contribution is 7.92. The smallest absolute Gasteiger partial charge is 0.352 e. The number of sulfonamides is 1. The van der Waals surface area contributed by atoms with Gasteiger partial charge in [0.2, 0.25) is 11.8 Å². The summed E-state index contributed by atoms with van der Waals surface area (Å²) in [6.07, 6.45) is -0.999. The van der Waals surface area contributed by atoms with Crippen LogP contribution < -0.4 is 9.62 Å². The highest BCUT2D eigenvalue weighted by Gasteiger charge is 2.37. The van der Waals surface area contributed by atoms with Crippen molar-refractivity contribution >= 4 is 39.1 Å². The lowest BCUT2D eigenvalue weighted by molar-refractivity contribution is -0.140. The van der Waals surface area contributed by atoms with Crippen LogP contribution in [0.2, 0.25) is 5.02 Å². The fourth-order valence-corrected chi connectivity index (χ4v) is 6.85. The number of anilines is 1. The van der Waals surface area contributed by atoms with Crippen LogP contribution >= 0.6 is 11.6 Å². The van der Waals surface area contributed by atoms with Crippen LogP contribution in [-0.4, -0.2) is 43.8 Å². The zero-order valence-electron chi connectivity index (χ0n) is 23.6. The quantitative estimate of drug-likeness (QED) is 0.263. The van der Waals surface area contributed by atoms with E-state index in [1.807, 2.05) is 0 Å². The standard InChI is InChI=1S/C31H33ClF3N3O4S/c1-2-28(30(40)36-23-13-9-10-14-23)37(20-22-11-5-3-6-12-22)29(39)21-38(43(41,42)25-15-7-4-8-16-25)24-17-18-27(32)26(19-24)31(33,34)35/h3-8,11-12,15-19,23,28H,2,9-10,13-14,20-21H2,1H3,(H,36,40)/t28-/m1/s1. The van der Waals surface area contributed by atoms with Crippen LogP contribution in [0.15, 0.2) is 83.8 Å². The summed E-state index contributed by atoms with van der Waals surface area (Å²) in [5.41, 5.74) is -0.931. The molecule has 1 saturated carbocycles. The van der Waals surface area contributed by atoms with E-state index >= 15 is 0 Å². The molecule has 0 heterocycles. The van der Waals surface area contributed by atoms with E-state index in [9.17, 15) is 31.2 Å². The molecule has 0 radical (unpaired) electrons. The van der Waals surface area contributed by atoms with E-state index in [0.29, 0.717) is 15.9 Å². The monoisotopic (exact) mass is 635 g/mol. The van der Waals surface area contributed by atoms with Gasteiger partial charge in [-0.2, -0.15) is 13.2 Å². The van der Waals surface area contributed by atoms with Crippen LogP contribution in [0.1, 0.15) is 50.2 Å². The number of benzene rings is 3. The Morgan fingerprint density at radius 2 is 1.58 bits per heavy atom. The van der Waals surface area contributed by atoms with Crippen molar-refractivity contribution in [2.24, 2.45) is 0 Å². The zero-order chi connectivity index (χ0) is 31.2. The van der Waals surface area contributed by atoms with Crippen molar-refractivity contribution < 1.29 is 31.2 Å². The maximum absolute atomic E-state index is 14.1. The van der Waals surface area contributed by atoms with E-state index in [1.165, 1.54) is 29.2 Å². The summed E-state index contributed by atoms with van der Waals surface area (Å²) in [6.45, 7) is 0.886. The van der Waals surface area contributed by atoms with E-state index < -0.39 is 51.0 Å². The fourth-order valence-electron chi connectivity index (χ4n) is 5.20. The normalized spacial score (nSPS) is 14.7. The summed E-state index contributed by atoms with van der Waals surface area (Å²) >= 11 is 5.82. The van der Waals surface area contributed by atoms with Gasteiger partial charge in [0.15, 0.2) is 0 Å². The Hall–Kier alpha value is -3.57. The first-order valence-electron chi connectivity index (χ1n) is 14.0. The number of hydrogen-bond acceptors (Lipinski definition) is 4. The van der Waals surface area contributed by atoms with Gasteiger partial charge in [0.05, 0.1) is 21.2 Å². The summed E-state index contributed by atoms with van der Waals surface area (Å²) in [4.78, 5) is 28.6. The van der Waals surface area contributed by atoms with Gasteiger partial charge in [-0.05, 0) is 55.2 Å². The van der Waals surface area contributed by atoms with Crippen LogP contribution in [0, 0.1) is 0 Å². The summed E-state index contributed by atoms with van der Waals surface area (Å²) in [5, 5.41) is 2.41. The van der Waals surface area contributed by atoms with Gasteiger partial charge in [0.25, 0.3) is 10.0 Å². The average Bonchev–Trinajstić information content (AvgIpc) is 3.49. The second kappa shape index (κ2) is 13.8. The van der Waals surface area contributed by atoms with Gasteiger partial charge in [-0.25, -0.2) is 8.42 Å². The Kier molecular flexibility index (Phi) is 10.4.